The van der Waals surface area contributed by atoms with Gasteiger partial charge in [0.1, 0.15) is 0 Å². The fourth-order valence-corrected chi connectivity index (χ4v) is 23.8. The number of imidazole rings is 4. The van der Waals surface area contributed by atoms with Crippen LogP contribution in [0, 0.1) is 30.2 Å². The molecule has 6 saturated heterocycles. The van der Waals surface area contributed by atoms with E-state index in [1.165, 1.54) is 182 Å². The van der Waals surface area contributed by atoms with Crippen molar-refractivity contribution in [3.63, 3.8) is 0 Å². The van der Waals surface area contributed by atoms with Crippen LogP contribution in [0.3, 0.4) is 0 Å². The van der Waals surface area contributed by atoms with Crippen LogP contribution in [0.4, 0.5) is 22.7 Å². The zero-order chi connectivity index (χ0) is 91.2. The summed E-state index contributed by atoms with van der Waals surface area (Å²) in [7, 11) is 0. The molecule has 4 radical (unpaired) electrons. The average molecular weight is 2590 g/mol. The number of thiophene rings is 1. The second-order valence-electron chi connectivity index (χ2n) is 37.8. The quantitative estimate of drug-likeness (QED) is 0.0807. The van der Waals surface area contributed by atoms with Crippen molar-refractivity contribution in [3.05, 3.63) is 326 Å². The molecule has 21 aromatic rings. The number of rotatable bonds is 13. The molecule has 6 aliphatic rings. The van der Waals surface area contributed by atoms with E-state index in [1.54, 1.807) is 11.3 Å². The standard InChI is InChI=1S/C31H31N4.C31H29N2O2.C29H27N4O2.C29H23N2S.4Ir/c1-7-18-33(19-8-1)27-16-11-17-28(34-20-9-2-10-21-34)30(27)29-22-32-31-25-14-4-3-12-23(25)24-13-5-6-15-26(24)35(29)31;1-2-8-27-25(6-1)26-7-3-4-11-28(26)33-29(20-32-31(27)33)30-23(21-12-16-34-17-13-21)9-5-10-24(30)22-14-18-35-19-15-22;1-2-8-23-21(6-1)22-7-3-4-9-24(22)33-27(20-30-29(23)33)28-25(31-12-16-34-17-13-31)10-5-11-26(28)32-14-18-35-19-15-32;1-19(2)17-20-9-7-13-24(27-15-8-16-32-27)28(20)26-18-30-29-23-12-4-3-10-21(23)22-11-5-6-14-25(22)31(26)29;;;;/h3-6,11-13,15-17,22H,1-2,7-10,18-21H2;1-7,9-11,20-22H,12-19H2;1-7,9-11,20H,12-19H2;3-11,13-16,18-19H,17H2,1-2H3;;;;/q4*-1;;;;. The van der Waals surface area contributed by atoms with Crippen LogP contribution in [0.5, 0.6) is 0 Å². The van der Waals surface area contributed by atoms with Crippen molar-refractivity contribution in [1.29, 1.82) is 0 Å². The van der Waals surface area contributed by atoms with Crippen molar-refractivity contribution in [1.82, 2.24) is 37.5 Å². The van der Waals surface area contributed by atoms with Crippen LogP contribution in [0.1, 0.15) is 107 Å². The molecule has 0 spiro atoms. The molecule has 16 nitrogen and oxygen atoms in total. The summed E-state index contributed by atoms with van der Waals surface area (Å²) in [5.74, 6) is 1.57. The van der Waals surface area contributed by atoms with Crippen LogP contribution in [-0.4, -0.2) is 143 Å². The third kappa shape index (κ3) is 18.4. The van der Waals surface area contributed by atoms with E-state index in [1.807, 2.05) is 30.5 Å². The molecule has 15 heterocycles. The Hall–Kier alpha value is -11.2. The number of para-hydroxylation sites is 4. The summed E-state index contributed by atoms with van der Waals surface area (Å²) in [5.41, 5.74) is 29.2. The molecule has 9 aromatic heterocycles. The normalized spacial score (nSPS) is 15.6. The Labute approximate surface area is 880 Å². The molecule has 6 fully saturated rings. The van der Waals surface area contributed by atoms with Crippen molar-refractivity contribution >= 4 is 143 Å². The van der Waals surface area contributed by atoms with Gasteiger partial charge in [0.2, 0.25) is 0 Å². The third-order valence-electron chi connectivity index (χ3n) is 29.3. The molecule has 0 amide bonds. The van der Waals surface area contributed by atoms with Gasteiger partial charge < -0.3 is 56.1 Å². The fraction of sp³-hybridized carbons (Fsp3) is 0.267. The average Bonchev–Trinajstić information content (AvgIpc) is 1.63. The fourth-order valence-electron chi connectivity index (χ4n) is 23.0. The second kappa shape index (κ2) is 43.6. The van der Waals surface area contributed by atoms with Gasteiger partial charge in [0.25, 0.3) is 0 Å². The molecule has 6 aliphatic heterocycles. The number of anilines is 4. The molecule has 0 atom stereocenters. The first-order valence-corrected chi connectivity index (χ1v) is 50.4. The molecular formula is C120H110Ir4N12O4S-4. The van der Waals surface area contributed by atoms with Crippen LogP contribution in [0.15, 0.2) is 285 Å². The number of fused-ring (bicyclic) bond motifs is 24. The minimum atomic E-state index is 0. The second-order valence-corrected chi connectivity index (χ2v) is 38.7. The van der Waals surface area contributed by atoms with E-state index in [4.69, 9.17) is 38.9 Å². The zero-order valence-electron chi connectivity index (χ0n) is 79.2. The van der Waals surface area contributed by atoms with Gasteiger partial charge in [-0.3, -0.25) is 19.9 Å². The number of morpholine rings is 2. The predicted octanol–water partition coefficient (Wildman–Crippen LogP) is 26.8. The molecule has 0 saturated carbocycles. The Morgan fingerprint density at radius 3 is 0.965 bits per heavy atom. The molecule has 0 aliphatic carbocycles. The third-order valence-corrected chi connectivity index (χ3v) is 30.2. The van der Waals surface area contributed by atoms with Gasteiger partial charge in [-0.2, -0.15) is 0 Å². The Morgan fingerprint density at radius 2 is 0.617 bits per heavy atom. The van der Waals surface area contributed by atoms with Crippen molar-refractivity contribution in [3.8, 4) is 55.5 Å². The van der Waals surface area contributed by atoms with Crippen LogP contribution in [0.25, 0.3) is 165 Å². The van der Waals surface area contributed by atoms with E-state index in [0.29, 0.717) is 17.8 Å². The summed E-state index contributed by atoms with van der Waals surface area (Å²) in [6.07, 6.45) is 21.3. The van der Waals surface area contributed by atoms with Crippen molar-refractivity contribution in [2.75, 3.05) is 125 Å². The maximum atomic E-state index is 5.74. The van der Waals surface area contributed by atoms with E-state index in [2.05, 4.69) is 330 Å². The molecule has 21 heteroatoms. The van der Waals surface area contributed by atoms with Crippen LogP contribution >= 0.6 is 11.3 Å². The maximum absolute atomic E-state index is 5.74. The summed E-state index contributed by atoms with van der Waals surface area (Å²) in [4.78, 5) is 31.4. The molecular weight excluding hydrogens is 2470 g/mol. The number of hydrogen-bond donors (Lipinski definition) is 0. The molecule has 720 valence electrons. The topological polar surface area (TPSA) is 119 Å². The SMILES string of the molecule is CC(C)Cc1cccc(-c2cccs2)c1-c1cnc2c3[c-]cccc3c3ccccc3n12.[Ir].[Ir].[Ir].[Ir].[c-]1cccc2c1c1ncc(-c3c(C4CCOCC4)cccc3C3CCOCC3)n1c1ccccc21.[c-]1cccc2c1c1ncc(-c3c(N4CCCCC4)cccc3N3CCCCC3)n1c1ccccc21.[c-]1cccc2c1c1ncc(-c3c(N4CCOCC4)cccc3N3CCOCC3)n1c1ccccc21. The number of pyridine rings is 4. The molecule has 0 bridgehead atoms. The monoisotopic (exact) mass is 2590 g/mol. The number of hydrogen-bond acceptors (Lipinski definition) is 13. The van der Waals surface area contributed by atoms with Gasteiger partial charge in [-0.1, -0.05) is 163 Å². The Balaban J connectivity index is 0.000000114. The van der Waals surface area contributed by atoms with Crippen LogP contribution in [-0.2, 0) is 106 Å². The van der Waals surface area contributed by atoms with Gasteiger partial charge in [0, 0.05) is 262 Å². The van der Waals surface area contributed by atoms with E-state index in [9.17, 15) is 0 Å². The van der Waals surface area contributed by atoms with Crippen molar-refractivity contribution in [2.24, 2.45) is 5.92 Å². The maximum Gasteiger partial charge on any atom is 0.0676 e. The Morgan fingerprint density at radius 1 is 0.305 bits per heavy atom. The number of benzene rings is 12. The Kier molecular flexibility index (Phi) is 30.0. The van der Waals surface area contributed by atoms with Crippen LogP contribution in [0.2, 0.25) is 0 Å². The first-order chi connectivity index (χ1) is 67.9. The summed E-state index contributed by atoms with van der Waals surface area (Å²) in [5, 5.41) is 16.2. The molecule has 0 unspecified atom stereocenters. The van der Waals surface area contributed by atoms with Gasteiger partial charge in [0.15, 0.2) is 0 Å². The molecule has 141 heavy (non-hydrogen) atoms. The first-order valence-electron chi connectivity index (χ1n) is 49.5. The minimum Gasteiger partial charge on any atom is -0.381 e. The minimum absolute atomic E-state index is 0. The summed E-state index contributed by atoms with van der Waals surface area (Å²) >= 11 is 1.79. The van der Waals surface area contributed by atoms with Crippen molar-refractivity contribution < 1.29 is 99.4 Å². The van der Waals surface area contributed by atoms with E-state index < -0.39 is 0 Å². The van der Waals surface area contributed by atoms with Gasteiger partial charge in [-0.05, 0) is 187 Å². The van der Waals surface area contributed by atoms with Gasteiger partial charge in [-0.15, -0.1) is 130 Å². The zero-order valence-corrected chi connectivity index (χ0v) is 89.6. The number of ether oxygens (including phenoxy) is 4. The van der Waals surface area contributed by atoms with Gasteiger partial charge in [-0.25, -0.2) is 0 Å². The first kappa shape index (κ1) is 97.3. The Bertz CT molecular complexity index is 7400. The summed E-state index contributed by atoms with van der Waals surface area (Å²) in [6, 6.07) is 105. The number of nitrogens with zero attached hydrogens (tertiary/aromatic N) is 12. The largest absolute Gasteiger partial charge is 0.381 e. The summed E-state index contributed by atoms with van der Waals surface area (Å²) < 4.78 is 32.3. The van der Waals surface area contributed by atoms with Crippen LogP contribution < -0.4 is 19.6 Å². The van der Waals surface area contributed by atoms with Crippen molar-refractivity contribution in [2.45, 2.75) is 96.3 Å². The molecule has 12 aromatic carbocycles. The van der Waals surface area contributed by atoms with E-state index in [-0.39, 0.29) is 80.4 Å². The summed E-state index contributed by atoms with van der Waals surface area (Å²) in [6.45, 7) is 18.9. The smallest absolute Gasteiger partial charge is 0.0676 e. The van der Waals surface area contributed by atoms with Gasteiger partial charge in [0.05, 0.1) is 71.8 Å². The van der Waals surface area contributed by atoms with Gasteiger partial charge >= 0.3 is 0 Å². The van der Waals surface area contributed by atoms with E-state index >= 15 is 0 Å². The predicted molar refractivity (Wildman–Crippen MR) is 564 cm³/mol. The van der Waals surface area contributed by atoms with E-state index in [0.717, 1.165) is 198 Å². The molecule has 0 N–H and O–H groups in total. The molecule has 27 rings (SSSR count). The number of aromatic nitrogens is 8. The number of piperidine rings is 2.